The molecule has 3 aromatic rings. The lowest BCUT2D eigenvalue weighted by atomic mass is 10.2. The quantitative estimate of drug-likeness (QED) is 0.535. The standard InChI is InChI=1S/C21H22ClN3O5S/c1-4-19(21(26)23-20-13-14(2)30-24-20)29-17-9-7-16(8-10-17)25(3)31(27,28)18-11-5-15(22)6-12-18/h5-13,19H,4H2,1-3H3,(H,23,24,26). The highest BCUT2D eigenvalue weighted by atomic mass is 35.5. The van der Waals surface area contributed by atoms with E-state index in [0.717, 1.165) is 4.31 Å². The fraction of sp³-hybridized carbons (Fsp3) is 0.238. The molecule has 1 amide bonds. The molecule has 3 rings (SSSR count). The van der Waals surface area contributed by atoms with E-state index in [0.29, 0.717) is 34.5 Å². The van der Waals surface area contributed by atoms with Crippen molar-refractivity contribution < 1.29 is 22.5 Å². The van der Waals surface area contributed by atoms with Crippen LogP contribution < -0.4 is 14.4 Å². The number of carbonyl (C=O) groups excluding carboxylic acids is 1. The minimum absolute atomic E-state index is 0.130. The van der Waals surface area contributed by atoms with Crippen LogP contribution in [0.4, 0.5) is 11.5 Å². The molecule has 1 heterocycles. The molecular formula is C21H22ClN3O5S. The zero-order valence-corrected chi connectivity index (χ0v) is 18.8. The summed E-state index contributed by atoms with van der Waals surface area (Å²) < 4.78 is 37.5. The van der Waals surface area contributed by atoms with Gasteiger partial charge in [-0.3, -0.25) is 9.10 Å². The van der Waals surface area contributed by atoms with Gasteiger partial charge >= 0.3 is 0 Å². The van der Waals surface area contributed by atoms with Crippen LogP contribution in [0.15, 0.2) is 64.0 Å². The topological polar surface area (TPSA) is 102 Å². The van der Waals surface area contributed by atoms with Gasteiger partial charge in [0.05, 0.1) is 10.6 Å². The Morgan fingerprint density at radius 3 is 2.39 bits per heavy atom. The molecule has 1 aromatic heterocycles. The van der Waals surface area contributed by atoms with Crippen LogP contribution in [0.5, 0.6) is 5.75 Å². The number of nitrogens with one attached hydrogen (secondary N) is 1. The first-order chi connectivity index (χ1) is 14.7. The maximum atomic E-state index is 12.8. The Bertz CT molecular complexity index is 1140. The van der Waals surface area contributed by atoms with Crippen molar-refractivity contribution >= 4 is 39.0 Å². The summed E-state index contributed by atoms with van der Waals surface area (Å²) >= 11 is 5.84. The molecule has 8 nitrogen and oxygen atoms in total. The molecule has 2 aromatic carbocycles. The van der Waals surface area contributed by atoms with Crippen molar-refractivity contribution in [2.24, 2.45) is 0 Å². The third-order valence-electron chi connectivity index (χ3n) is 4.49. The number of rotatable bonds is 8. The molecule has 1 unspecified atom stereocenters. The molecule has 0 aliphatic heterocycles. The second-order valence-corrected chi connectivity index (χ2v) is 9.15. The fourth-order valence-corrected chi connectivity index (χ4v) is 4.08. The number of nitrogens with zero attached hydrogens (tertiary/aromatic N) is 2. The monoisotopic (exact) mass is 463 g/mol. The Labute approximate surface area is 185 Å². The molecule has 0 saturated heterocycles. The van der Waals surface area contributed by atoms with E-state index in [9.17, 15) is 13.2 Å². The second-order valence-electron chi connectivity index (χ2n) is 6.75. The second kappa shape index (κ2) is 9.40. The number of aromatic nitrogens is 1. The predicted molar refractivity (Wildman–Crippen MR) is 118 cm³/mol. The minimum atomic E-state index is -3.74. The number of hydrogen-bond acceptors (Lipinski definition) is 6. The van der Waals surface area contributed by atoms with Crippen molar-refractivity contribution in [3.8, 4) is 5.75 Å². The average Bonchev–Trinajstić information content (AvgIpc) is 3.16. The van der Waals surface area contributed by atoms with Gasteiger partial charge in [-0.2, -0.15) is 0 Å². The zero-order valence-electron chi connectivity index (χ0n) is 17.2. The Morgan fingerprint density at radius 1 is 1.19 bits per heavy atom. The minimum Gasteiger partial charge on any atom is -0.481 e. The average molecular weight is 464 g/mol. The lowest BCUT2D eigenvalue weighted by Crippen LogP contribution is -2.32. The number of ether oxygens (including phenoxy) is 1. The van der Waals surface area contributed by atoms with E-state index in [1.165, 1.54) is 31.3 Å². The molecule has 0 bridgehead atoms. The first-order valence-electron chi connectivity index (χ1n) is 9.46. The summed E-state index contributed by atoms with van der Waals surface area (Å²) in [6.07, 6.45) is -0.326. The molecule has 164 valence electrons. The van der Waals surface area contributed by atoms with Gasteiger partial charge in [-0.1, -0.05) is 23.7 Å². The number of aryl methyl sites for hydroxylation is 1. The number of hydrogen-bond donors (Lipinski definition) is 1. The summed E-state index contributed by atoms with van der Waals surface area (Å²) in [4.78, 5) is 12.6. The molecule has 0 aliphatic carbocycles. The first kappa shape index (κ1) is 22.6. The summed E-state index contributed by atoms with van der Waals surface area (Å²) in [5, 5.41) is 6.83. The van der Waals surface area contributed by atoms with E-state index >= 15 is 0 Å². The van der Waals surface area contributed by atoms with Crippen molar-refractivity contribution in [2.75, 3.05) is 16.7 Å². The molecule has 10 heteroatoms. The van der Waals surface area contributed by atoms with Crippen LogP contribution in [0.3, 0.4) is 0 Å². The van der Waals surface area contributed by atoms with Crippen molar-refractivity contribution in [2.45, 2.75) is 31.3 Å². The van der Waals surface area contributed by atoms with Crippen LogP contribution in [0.1, 0.15) is 19.1 Å². The molecule has 0 saturated carbocycles. The van der Waals surface area contributed by atoms with Crippen LogP contribution in [0, 0.1) is 6.92 Å². The van der Waals surface area contributed by atoms with Crippen LogP contribution in [0.2, 0.25) is 5.02 Å². The third kappa shape index (κ3) is 5.36. The molecule has 0 radical (unpaired) electrons. The Balaban J connectivity index is 1.69. The maximum Gasteiger partial charge on any atom is 0.266 e. The van der Waals surface area contributed by atoms with E-state index in [1.807, 2.05) is 6.92 Å². The number of sulfonamides is 1. The van der Waals surface area contributed by atoms with Gasteiger partial charge in [0.25, 0.3) is 15.9 Å². The summed E-state index contributed by atoms with van der Waals surface area (Å²) in [5.41, 5.74) is 0.442. The lowest BCUT2D eigenvalue weighted by Gasteiger charge is -2.21. The highest BCUT2D eigenvalue weighted by Crippen LogP contribution is 2.26. The van der Waals surface area contributed by atoms with E-state index < -0.39 is 16.1 Å². The molecular weight excluding hydrogens is 442 g/mol. The fourth-order valence-electron chi connectivity index (χ4n) is 2.76. The number of halogens is 1. The molecule has 0 aliphatic rings. The Hall–Kier alpha value is -3.04. The number of benzene rings is 2. The Morgan fingerprint density at radius 2 is 1.84 bits per heavy atom. The highest BCUT2D eigenvalue weighted by molar-refractivity contribution is 7.92. The number of anilines is 2. The predicted octanol–water partition coefficient (Wildman–Crippen LogP) is 4.26. The highest BCUT2D eigenvalue weighted by Gasteiger charge is 2.22. The smallest absolute Gasteiger partial charge is 0.266 e. The van der Waals surface area contributed by atoms with Crippen LogP contribution in [0.25, 0.3) is 0 Å². The van der Waals surface area contributed by atoms with E-state index in [-0.39, 0.29) is 10.8 Å². The SMILES string of the molecule is CCC(Oc1ccc(N(C)S(=O)(=O)c2ccc(Cl)cc2)cc1)C(=O)Nc1cc(C)on1. The summed E-state index contributed by atoms with van der Waals surface area (Å²) in [6, 6.07) is 14.0. The largest absolute Gasteiger partial charge is 0.481 e. The van der Waals surface area contributed by atoms with Gasteiger partial charge in [0, 0.05) is 18.1 Å². The number of amides is 1. The normalized spacial score (nSPS) is 12.3. The summed E-state index contributed by atoms with van der Waals surface area (Å²) in [5.74, 6) is 0.966. The zero-order chi connectivity index (χ0) is 22.6. The van der Waals surface area contributed by atoms with Gasteiger partial charge in [0.1, 0.15) is 11.5 Å². The van der Waals surface area contributed by atoms with Crippen molar-refractivity contribution in [3.05, 3.63) is 65.4 Å². The van der Waals surface area contributed by atoms with E-state index in [4.69, 9.17) is 20.9 Å². The van der Waals surface area contributed by atoms with E-state index in [2.05, 4.69) is 10.5 Å². The van der Waals surface area contributed by atoms with Crippen molar-refractivity contribution in [3.63, 3.8) is 0 Å². The molecule has 0 fully saturated rings. The molecule has 0 spiro atoms. The van der Waals surface area contributed by atoms with Gasteiger partial charge in [0.2, 0.25) is 0 Å². The van der Waals surface area contributed by atoms with Crippen LogP contribution in [-0.2, 0) is 14.8 Å². The van der Waals surface area contributed by atoms with Crippen molar-refractivity contribution in [1.82, 2.24) is 5.16 Å². The van der Waals surface area contributed by atoms with Gasteiger partial charge in [-0.25, -0.2) is 8.42 Å². The number of carbonyl (C=O) groups is 1. The van der Waals surface area contributed by atoms with Gasteiger partial charge < -0.3 is 14.6 Å². The van der Waals surface area contributed by atoms with Gasteiger partial charge in [-0.05, 0) is 61.9 Å². The van der Waals surface area contributed by atoms with Crippen LogP contribution >= 0.6 is 11.6 Å². The van der Waals surface area contributed by atoms with E-state index in [1.54, 1.807) is 37.3 Å². The van der Waals surface area contributed by atoms with Crippen molar-refractivity contribution in [1.29, 1.82) is 0 Å². The molecule has 1 N–H and O–H groups in total. The molecule has 1 atom stereocenters. The lowest BCUT2D eigenvalue weighted by molar-refractivity contribution is -0.122. The van der Waals surface area contributed by atoms with Gasteiger partial charge in [-0.15, -0.1) is 0 Å². The summed E-state index contributed by atoms with van der Waals surface area (Å²) in [7, 11) is -2.28. The maximum absolute atomic E-state index is 12.8. The molecule has 31 heavy (non-hydrogen) atoms. The van der Waals surface area contributed by atoms with Crippen LogP contribution in [-0.4, -0.2) is 32.6 Å². The van der Waals surface area contributed by atoms with Gasteiger partial charge in [0.15, 0.2) is 11.9 Å². The Kier molecular flexibility index (Phi) is 6.87. The first-order valence-corrected chi connectivity index (χ1v) is 11.3. The summed E-state index contributed by atoms with van der Waals surface area (Å²) in [6.45, 7) is 3.54. The third-order valence-corrected chi connectivity index (χ3v) is 6.54.